The first kappa shape index (κ1) is 18.2. The maximum Gasteiger partial charge on any atom is 0.407 e. The van der Waals surface area contributed by atoms with Gasteiger partial charge in [-0.3, -0.25) is 0 Å². The smallest absolute Gasteiger partial charge is 0.407 e. The molecule has 28 heavy (non-hydrogen) atoms. The second-order valence-electron chi connectivity index (χ2n) is 7.04. The standard InChI is InChI=1S/C22H22FN3O2/c23-19-7-6-18-8-10-24-21(20(18)12-19)26-11-9-17(14-26)13-25-22(27)28-15-16-4-2-1-3-5-16/h1-8,10,12,17H,9,11,13-15H2,(H,25,27). The average molecular weight is 379 g/mol. The first-order valence-corrected chi connectivity index (χ1v) is 9.43. The predicted molar refractivity (Wildman–Crippen MR) is 107 cm³/mol. The van der Waals surface area contributed by atoms with Crippen molar-refractivity contribution < 1.29 is 13.9 Å². The van der Waals surface area contributed by atoms with Gasteiger partial charge in [0.1, 0.15) is 18.2 Å². The van der Waals surface area contributed by atoms with E-state index < -0.39 is 6.09 Å². The van der Waals surface area contributed by atoms with Crippen molar-refractivity contribution in [1.29, 1.82) is 0 Å². The molecule has 0 radical (unpaired) electrons. The Kier molecular flexibility index (Phi) is 5.37. The molecule has 6 heteroatoms. The molecular weight excluding hydrogens is 357 g/mol. The van der Waals surface area contributed by atoms with Crippen LogP contribution >= 0.6 is 0 Å². The number of ether oxygens (including phenoxy) is 1. The Bertz CT molecular complexity index is 964. The molecule has 1 aromatic heterocycles. The van der Waals surface area contributed by atoms with E-state index >= 15 is 0 Å². The number of pyridine rings is 1. The molecule has 1 aliphatic heterocycles. The van der Waals surface area contributed by atoms with Crippen molar-refractivity contribution in [3.63, 3.8) is 0 Å². The zero-order chi connectivity index (χ0) is 19.3. The SMILES string of the molecule is O=C(NCC1CCN(c2nccc3ccc(F)cc23)C1)OCc1ccccc1. The second kappa shape index (κ2) is 8.25. The number of alkyl carbamates (subject to hydrolysis) is 1. The van der Waals surface area contributed by atoms with E-state index in [9.17, 15) is 9.18 Å². The summed E-state index contributed by atoms with van der Waals surface area (Å²) >= 11 is 0. The number of fused-ring (bicyclic) bond motifs is 1. The molecule has 3 aromatic rings. The van der Waals surface area contributed by atoms with Crippen LogP contribution in [0.5, 0.6) is 0 Å². The Morgan fingerprint density at radius 1 is 1.21 bits per heavy atom. The predicted octanol–water partition coefficient (Wildman–Crippen LogP) is 4.13. The second-order valence-corrected chi connectivity index (χ2v) is 7.04. The molecule has 5 nitrogen and oxygen atoms in total. The van der Waals surface area contributed by atoms with E-state index in [1.807, 2.05) is 36.4 Å². The van der Waals surface area contributed by atoms with Crippen LogP contribution < -0.4 is 10.2 Å². The number of anilines is 1. The number of halogens is 1. The van der Waals surface area contributed by atoms with Gasteiger partial charge in [0.25, 0.3) is 0 Å². The summed E-state index contributed by atoms with van der Waals surface area (Å²) in [5, 5.41) is 4.63. The van der Waals surface area contributed by atoms with Gasteiger partial charge in [-0.05, 0) is 41.5 Å². The van der Waals surface area contributed by atoms with E-state index in [-0.39, 0.29) is 12.4 Å². The van der Waals surface area contributed by atoms with E-state index in [1.165, 1.54) is 12.1 Å². The summed E-state index contributed by atoms with van der Waals surface area (Å²) in [6, 6.07) is 16.2. The Morgan fingerprint density at radius 3 is 2.93 bits per heavy atom. The van der Waals surface area contributed by atoms with Gasteiger partial charge in [0, 0.05) is 31.2 Å². The highest BCUT2D eigenvalue weighted by molar-refractivity contribution is 5.92. The highest BCUT2D eigenvalue weighted by Gasteiger charge is 2.25. The lowest BCUT2D eigenvalue weighted by Crippen LogP contribution is -2.31. The lowest BCUT2D eigenvalue weighted by molar-refractivity contribution is 0.138. The first-order valence-electron chi connectivity index (χ1n) is 9.43. The topological polar surface area (TPSA) is 54.5 Å². The van der Waals surface area contributed by atoms with Gasteiger partial charge in [-0.1, -0.05) is 36.4 Å². The number of rotatable bonds is 5. The van der Waals surface area contributed by atoms with Crippen LogP contribution in [0.4, 0.5) is 15.0 Å². The van der Waals surface area contributed by atoms with Crippen LogP contribution in [0.1, 0.15) is 12.0 Å². The summed E-state index contributed by atoms with van der Waals surface area (Å²) in [4.78, 5) is 18.6. The number of carbonyl (C=O) groups excluding carboxylic acids is 1. The third-order valence-corrected chi connectivity index (χ3v) is 5.04. The first-order chi connectivity index (χ1) is 13.7. The Labute approximate surface area is 163 Å². The number of nitrogens with zero attached hydrogens (tertiary/aromatic N) is 2. The van der Waals surface area contributed by atoms with Gasteiger partial charge < -0.3 is 15.0 Å². The monoisotopic (exact) mass is 379 g/mol. The number of hydrogen-bond acceptors (Lipinski definition) is 4. The summed E-state index contributed by atoms with van der Waals surface area (Å²) in [6.45, 7) is 2.40. The van der Waals surface area contributed by atoms with E-state index in [4.69, 9.17) is 4.74 Å². The van der Waals surface area contributed by atoms with Gasteiger partial charge in [-0.25, -0.2) is 14.2 Å². The third kappa shape index (κ3) is 4.22. The summed E-state index contributed by atoms with van der Waals surface area (Å²) in [5.41, 5.74) is 0.957. The summed E-state index contributed by atoms with van der Waals surface area (Å²) in [6.07, 6.45) is 2.28. The molecule has 1 N–H and O–H groups in total. The van der Waals surface area contributed by atoms with Crippen LogP contribution in [-0.2, 0) is 11.3 Å². The molecule has 1 saturated heterocycles. The van der Waals surface area contributed by atoms with Crippen LogP contribution in [0.2, 0.25) is 0 Å². The molecule has 2 heterocycles. The number of benzene rings is 2. The minimum Gasteiger partial charge on any atom is -0.445 e. The van der Waals surface area contributed by atoms with Crippen molar-refractivity contribution in [1.82, 2.24) is 10.3 Å². The Hall–Kier alpha value is -3.15. The van der Waals surface area contributed by atoms with Crippen molar-refractivity contribution in [2.75, 3.05) is 24.5 Å². The summed E-state index contributed by atoms with van der Waals surface area (Å²) < 4.78 is 18.9. The van der Waals surface area contributed by atoms with Crippen LogP contribution in [0.15, 0.2) is 60.8 Å². The van der Waals surface area contributed by atoms with Crippen molar-refractivity contribution in [3.05, 3.63) is 72.2 Å². The summed E-state index contributed by atoms with van der Waals surface area (Å²) in [7, 11) is 0. The number of amides is 1. The fraction of sp³-hybridized carbons (Fsp3) is 0.273. The van der Waals surface area contributed by atoms with Gasteiger partial charge in [0.15, 0.2) is 0 Å². The highest BCUT2D eigenvalue weighted by Crippen LogP contribution is 2.29. The average Bonchev–Trinajstić information content (AvgIpc) is 3.20. The quantitative estimate of drug-likeness (QED) is 0.724. The fourth-order valence-corrected chi connectivity index (χ4v) is 3.57. The number of hydrogen-bond donors (Lipinski definition) is 1. The van der Waals surface area contributed by atoms with E-state index in [0.29, 0.717) is 12.5 Å². The van der Waals surface area contributed by atoms with Crippen LogP contribution in [-0.4, -0.2) is 30.7 Å². The maximum absolute atomic E-state index is 13.7. The number of carbonyl (C=O) groups is 1. The van der Waals surface area contributed by atoms with E-state index in [0.717, 1.165) is 41.7 Å². The minimum atomic E-state index is -0.410. The Balaban J connectivity index is 1.31. The molecule has 0 saturated carbocycles. The fourth-order valence-electron chi connectivity index (χ4n) is 3.57. The highest BCUT2D eigenvalue weighted by atomic mass is 19.1. The van der Waals surface area contributed by atoms with Gasteiger partial charge in [-0.2, -0.15) is 0 Å². The van der Waals surface area contributed by atoms with Gasteiger partial charge >= 0.3 is 6.09 Å². The van der Waals surface area contributed by atoms with E-state index in [1.54, 1.807) is 12.3 Å². The molecule has 0 aliphatic carbocycles. The van der Waals surface area contributed by atoms with Gasteiger partial charge in [0.2, 0.25) is 0 Å². The van der Waals surface area contributed by atoms with Gasteiger partial charge in [0.05, 0.1) is 0 Å². The molecule has 1 unspecified atom stereocenters. The van der Waals surface area contributed by atoms with Crippen molar-refractivity contribution >= 4 is 22.7 Å². The molecule has 1 aliphatic rings. The zero-order valence-electron chi connectivity index (χ0n) is 15.5. The molecule has 1 fully saturated rings. The molecule has 0 spiro atoms. The lowest BCUT2D eigenvalue weighted by atomic mass is 10.1. The molecule has 144 valence electrons. The van der Waals surface area contributed by atoms with Gasteiger partial charge in [-0.15, -0.1) is 0 Å². The van der Waals surface area contributed by atoms with E-state index in [2.05, 4.69) is 15.2 Å². The van der Waals surface area contributed by atoms with Crippen LogP contribution in [0, 0.1) is 11.7 Å². The van der Waals surface area contributed by atoms with Crippen molar-refractivity contribution in [3.8, 4) is 0 Å². The van der Waals surface area contributed by atoms with Crippen molar-refractivity contribution in [2.45, 2.75) is 13.0 Å². The maximum atomic E-state index is 13.7. The molecule has 1 atom stereocenters. The third-order valence-electron chi connectivity index (χ3n) is 5.04. The number of nitrogens with one attached hydrogen (secondary N) is 1. The molecule has 4 rings (SSSR count). The molecule has 1 amide bonds. The van der Waals surface area contributed by atoms with Crippen LogP contribution in [0.3, 0.4) is 0 Å². The molecular formula is C22H22FN3O2. The Morgan fingerprint density at radius 2 is 2.07 bits per heavy atom. The summed E-state index contributed by atoms with van der Waals surface area (Å²) in [5.74, 6) is 0.835. The lowest BCUT2D eigenvalue weighted by Gasteiger charge is -2.19. The normalized spacial score (nSPS) is 16.3. The zero-order valence-corrected chi connectivity index (χ0v) is 15.5. The van der Waals surface area contributed by atoms with Crippen LogP contribution in [0.25, 0.3) is 10.8 Å². The number of aromatic nitrogens is 1. The minimum absolute atomic E-state index is 0.259. The van der Waals surface area contributed by atoms with Crippen molar-refractivity contribution in [2.24, 2.45) is 5.92 Å². The molecule has 2 aromatic carbocycles. The molecule has 0 bridgehead atoms. The largest absolute Gasteiger partial charge is 0.445 e.